The number of carbonyl (C=O) groups is 1. The van der Waals surface area contributed by atoms with Crippen molar-refractivity contribution >= 4 is 28.4 Å². The molecule has 3 N–H and O–H groups in total. The van der Waals surface area contributed by atoms with Crippen molar-refractivity contribution < 1.29 is 9.53 Å². The number of anilines is 2. The Bertz CT molecular complexity index is 1120. The fraction of sp³-hybridized carbons (Fsp3) is 0.250. The second-order valence-electron chi connectivity index (χ2n) is 5.77. The SMILES string of the molecule is COc1ccc(NC(=O)Cn2c(=O)c3c(ncn3C)n(C)c2=O)cc1N. The lowest BCUT2D eigenvalue weighted by molar-refractivity contribution is -0.116. The summed E-state index contributed by atoms with van der Waals surface area (Å²) in [5.41, 5.74) is 5.90. The summed E-state index contributed by atoms with van der Waals surface area (Å²) in [5, 5.41) is 2.61. The van der Waals surface area contributed by atoms with Gasteiger partial charge in [-0.25, -0.2) is 14.3 Å². The van der Waals surface area contributed by atoms with Gasteiger partial charge in [-0.1, -0.05) is 0 Å². The first-order valence-corrected chi connectivity index (χ1v) is 7.67. The van der Waals surface area contributed by atoms with E-state index in [2.05, 4.69) is 10.3 Å². The van der Waals surface area contributed by atoms with Crippen molar-refractivity contribution in [2.75, 3.05) is 18.2 Å². The van der Waals surface area contributed by atoms with Crippen LogP contribution in [0.25, 0.3) is 11.2 Å². The molecule has 0 aliphatic rings. The Morgan fingerprint density at radius 3 is 2.69 bits per heavy atom. The Balaban J connectivity index is 1.93. The van der Waals surface area contributed by atoms with E-state index in [9.17, 15) is 14.4 Å². The number of imidazole rings is 1. The van der Waals surface area contributed by atoms with E-state index in [1.165, 1.54) is 35.7 Å². The first kappa shape index (κ1) is 17.3. The first-order valence-electron chi connectivity index (χ1n) is 7.67. The molecule has 136 valence electrons. The molecule has 1 aromatic carbocycles. The van der Waals surface area contributed by atoms with E-state index >= 15 is 0 Å². The molecule has 0 bridgehead atoms. The maximum Gasteiger partial charge on any atom is 0.332 e. The maximum absolute atomic E-state index is 12.6. The van der Waals surface area contributed by atoms with Crippen LogP contribution in [0, 0.1) is 0 Å². The van der Waals surface area contributed by atoms with E-state index in [1.54, 1.807) is 19.2 Å². The van der Waals surface area contributed by atoms with E-state index in [0.717, 1.165) is 4.57 Å². The van der Waals surface area contributed by atoms with E-state index in [0.29, 0.717) is 17.1 Å². The summed E-state index contributed by atoms with van der Waals surface area (Å²) in [6, 6.07) is 4.75. The van der Waals surface area contributed by atoms with Crippen LogP contribution in [-0.4, -0.2) is 31.7 Å². The first-order chi connectivity index (χ1) is 12.3. The number of aromatic nitrogens is 4. The van der Waals surface area contributed by atoms with Crippen LogP contribution >= 0.6 is 0 Å². The van der Waals surface area contributed by atoms with Crippen molar-refractivity contribution in [1.82, 2.24) is 18.7 Å². The number of fused-ring (bicyclic) bond motifs is 1. The fourth-order valence-electron chi connectivity index (χ4n) is 2.69. The molecule has 3 aromatic rings. The van der Waals surface area contributed by atoms with Crippen molar-refractivity contribution in [3.8, 4) is 5.75 Å². The summed E-state index contributed by atoms with van der Waals surface area (Å²) in [4.78, 5) is 41.3. The van der Waals surface area contributed by atoms with Crippen LogP contribution in [0.2, 0.25) is 0 Å². The van der Waals surface area contributed by atoms with E-state index < -0.39 is 23.7 Å². The standard InChI is InChI=1S/C16H18N6O4/c1-20-8-18-14-13(20)15(24)22(16(25)21(14)2)7-12(23)19-9-4-5-11(26-3)10(17)6-9/h4-6,8H,7,17H2,1-3H3,(H,19,23). The zero-order valence-electron chi connectivity index (χ0n) is 14.5. The number of methoxy groups -OCH3 is 1. The van der Waals surface area contributed by atoms with Crippen molar-refractivity contribution in [3.63, 3.8) is 0 Å². The molecular weight excluding hydrogens is 340 g/mol. The molecule has 0 fully saturated rings. The van der Waals surface area contributed by atoms with Gasteiger partial charge in [-0.15, -0.1) is 0 Å². The Kier molecular flexibility index (Phi) is 4.24. The lowest BCUT2D eigenvalue weighted by atomic mass is 10.2. The molecule has 10 heteroatoms. The number of rotatable bonds is 4. The molecule has 3 rings (SSSR count). The maximum atomic E-state index is 12.6. The number of hydrogen-bond acceptors (Lipinski definition) is 6. The summed E-state index contributed by atoms with van der Waals surface area (Å²) in [6.45, 7) is -0.432. The Morgan fingerprint density at radius 1 is 1.31 bits per heavy atom. The van der Waals surface area contributed by atoms with Crippen molar-refractivity contribution in [2.45, 2.75) is 6.54 Å². The number of nitrogen functional groups attached to an aromatic ring is 1. The molecule has 0 aliphatic heterocycles. The van der Waals surface area contributed by atoms with Crippen LogP contribution in [0.15, 0.2) is 34.1 Å². The lowest BCUT2D eigenvalue weighted by Crippen LogP contribution is -2.42. The van der Waals surface area contributed by atoms with Gasteiger partial charge in [-0.05, 0) is 18.2 Å². The topological polar surface area (TPSA) is 126 Å². The van der Waals surface area contributed by atoms with Gasteiger partial charge in [0, 0.05) is 19.8 Å². The van der Waals surface area contributed by atoms with Crippen LogP contribution in [0.4, 0.5) is 11.4 Å². The van der Waals surface area contributed by atoms with Crippen molar-refractivity contribution in [1.29, 1.82) is 0 Å². The van der Waals surface area contributed by atoms with Crippen LogP contribution in [-0.2, 0) is 25.4 Å². The molecule has 0 unspecified atom stereocenters. The molecule has 0 saturated carbocycles. The lowest BCUT2D eigenvalue weighted by Gasteiger charge is -2.11. The zero-order valence-corrected chi connectivity index (χ0v) is 14.5. The molecule has 0 aliphatic carbocycles. The van der Waals surface area contributed by atoms with Crippen molar-refractivity contribution in [3.05, 3.63) is 45.4 Å². The zero-order chi connectivity index (χ0) is 19.0. The van der Waals surface area contributed by atoms with Crippen LogP contribution in [0.3, 0.4) is 0 Å². The Hall–Kier alpha value is -3.56. The Labute approximate surface area is 147 Å². The molecule has 1 amide bonds. The second kappa shape index (κ2) is 6.39. The molecule has 2 heterocycles. The van der Waals surface area contributed by atoms with Gasteiger partial charge in [-0.3, -0.25) is 14.2 Å². The number of nitrogens with zero attached hydrogens (tertiary/aromatic N) is 4. The highest BCUT2D eigenvalue weighted by atomic mass is 16.5. The monoisotopic (exact) mass is 358 g/mol. The highest BCUT2D eigenvalue weighted by Crippen LogP contribution is 2.24. The molecule has 0 radical (unpaired) electrons. The fourth-order valence-corrected chi connectivity index (χ4v) is 2.69. The molecular formula is C16H18N6O4. The number of aryl methyl sites for hydroxylation is 2. The smallest absolute Gasteiger partial charge is 0.332 e. The molecule has 0 spiro atoms. The average Bonchev–Trinajstić information content (AvgIpc) is 2.99. The predicted octanol–water partition coefficient (Wildman–Crippen LogP) is -0.337. The number of hydrogen-bond donors (Lipinski definition) is 2. The van der Waals surface area contributed by atoms with E-state index in [4.69, 9.17) is 10.5 Å². The number of amides is 1. The number of ether oxygens (including phenoxy) is 1. The molecule has 2 aromatic heterocycles. The number of nitrogens with one attached hydrogen (secondary N) is 1. The van der Waals surface area contributed by atoms with Gasteiger partial charge < -0.3 is 20.4 Å². The summed E-state index contributed by atoms with van der Waals surface area (Å²) < 4.78 is 8.66. The quantitative estimate of drug-likeness (QED) is 0.615. The van der Waals surface area contributed by atoms with Gasteiger partial charge in [0.2, 0.25) is 5.91 Å². The second-order valence-corrected chi connectivity index (χ2v) is 5.77. The van der Waals surface area contributed by atoms with Crippen LogP contribution in [0.1, 0.15) is 0 Å². The third-order valence-electron chi connectivity index (χ3n) is 4.02. The van der Waals surface area contributed by atoms with E-state index in [1.807, 2.05) is 0 Å². The van der Waals surface area contributed by atoms with Crippen LogP contribution in [0.5, 0.6) is 5.75 Å². The summed E-state index contributed by atoms with van der Waals surface area (Å²) in [5.74, 6) is -0.0509. The van der Waals surface area contributed by atoms with Crippen molar-refractivity contribution in [2.24, 2.45) is 14.1 Å². The average molecular weight is 358 g/mol. The highest BCUT2D eigenvalue weighted by molar-refractivity contribution is 5.91. The van der Waals surface area contributed by atoms with Gasteiger partial charge in [0.05, 0.1) is 19.1 Å². The minimum Gasteiger partial charge on any atom is -0.495 e. The predicted molar refractivity (Wildman–Crippen MR) is 96.3 cm³/mol. The van der Waals surface area contributed by atoms with E-state index in [-0.39, 0.29) is 11.2 Å². The number of carbonyl (C=O) groups excluding carboxylic acids is 1. The minimum absolute atomic E-state index is 0.244. The summed E-state index contributed by atoms with van der Waals surface area (Å²) in [7, 11) is 4.63. The highest BCUT2D eigenvalue weighted by Gasteiger charge is 2.17. The third kappa shape index (κ3) is 2.81. The third-order valence-corrected chi connectivity index (χ3v) is 4.02. The van der Waals surface area contributed by atoms with Gasteiger partial charge in [0.1, 0.15) is 12.3 Å². The van der Waals surface area contributed by atoms with Gasteiger partial charge >= 0.3 is 5.69 Å². The van der Waals surface area contributed by atoms with Crippen LogP contribution < -0.4 is 27.0 Å². The number of benzene rings is 1. The molecule has 0 atom stereocenters. The largest absolute Gasteiger partial charge is 0.495 e. The van der Waals surface area contributed by atoms with Gasteiger partial charge in [0.25, 0.3) is 5.56 Å². The van der Waals surface area contributed by atoms with Gasteiger partial charge in [-0.2, -0.15) is 0 Å². The molecule has 26 heavy (non-hydrogen) atoms. The summed E-state index contributed by atoms with van der Waals surface area (Å²) in [6.07, 6.45) is 1.44. The molecule has 0 saturated heterocycles. The van der Waals surface area contributed by atoms with Gasteiger partial charge in [0.15, 0.2) is 11.2 Å². The molecule has 10 nitrogen and oxygen atoms in total. The normalized spacial score (nSPS) is 10.9. The minimum atomic E-state index is -0.620. The summed E-state index contributed by atoms with van der Waals surface area (Å²) >= 11 is 0. The Morgan fingerprint density at radius 2 is 2.04 bits per heavy atom. The number of nitrogens with two attached hydrogens (primary N) is 1.